The van der Waals surface area contributed by atoms with E-state index in [1.807, 2.05) is 6.92 Å². The van der Waals surface area contributed by atoms with E-state index in [0.717, 1.165) is 0 Å². The van der Waals surface area contributed by atoms with Crippen LogP contribution in [-0.2, 0) is 0 Å². The Morgan fingerprint density at radius 3 is 2.80 bits per heavy atom. The zero-order valence-corrected chi connectivity index (χ0v) is 10.3. The van der Waals surface area contributed by atoms with Crippen molar-refractivity contribution in [3.8, 4) is 0 Å². The van der Waals surface area contributed by atoms with Gasteiger partial charge in [0.05, 0.1) is 0 Å². The Kier molecular flexibility index (Phi) is 4.27. The standard InChI is InChI=1S/C11H13BrFNO/c1-8(7-12)14(2)11(15)9-4-3-5-10(13)6-9/h3-6,8H,7H2,1-2H3. The predicted octanol–water partition coefficient (Wildman–Crippen LogP) is 2.68. The van der Waals surface area contributed by atoms with Crippen LogP contribution in [0.25, 0.3) is 0 Å². The molecule has 4 heteroatoms. The summed E-state index contributed by atoms with van der Waals surface area (Å²) in [5.74, 6) is -0.554. The van der Waals surface area contributed by atoms with Gasteiger partial charge in [0.2, 0.25) is 0 Å². The molecule has 1 unspecified atom stereocenters. The fraction of sp³-hybridized carbons (Fsp3) is 0.364. The van der Waals surface area contributed by atoms with E-state index in [2.05, 4.69) is 15.9 Å². The molecule has 0 aliphatic rings. The quantitative estimate of drug-likeness (QED) is 0.776. The lowest BCUT2D eigenvalue weighted by atomic mass is 10.2. The predicted molar refractivity (Wildman–Crippen MR) is 61.7 cm³/mol. The summed E-state index contributed by atoms with van der Waals surface area (Å²) in [6.07, 6.45) is 0. The van der Waals surface area contributed by atoms with Gasteiger partial charge < -0.3 is 4.90 Å². The highest BCUT2D eigenvalue weighted by Crippen LogP contribution is 2.09. The summed E-state index contributed by atoms with van der Waals surface area (Å²) in [4.78, 5) is 13.4. The van der Waals surface area contributed by atoms with Gasteiger partial charge in [0.25, 0.3) is 5.91 Å². The molecule has 0 bridgehead atoms. The van der Waals surface area contributed by atoms with Crippen molar-refractivity contribution in [1.29, 1.82) is 0 Å². The molecule has 2 nitrogen and oxygen atoms in total. The molecule has 0 aliphatic heterocycles. The van der Waals surface area contributed by atoms with E-state index in [9.17, 15) is 9.18 Å². The van der Waals surface area contributed by atoms with Gasteiger partial charge in [0.15, 0.2) is 0 Å². The molecule has 82 valence electrons. The summed E-state index contributed by atoms with van der Waals surface area (Å²) >= 11 is 3.30. The number of amides is 1. The summed E-state index contributed by atoms with van der Waals surface area (Å²) in [5, 5.41) is 0.699. The number of hydrogen-bond donors (Lipinski definition) is 0. The average Bonchev–Trinajstić information content (AvgIpc) is 2.26. The highest BCUT2D eigenvalue weighted by molar-refractivity contribution is 9.09. The maximum atomic E-state index is 12.9. The summed E-state index contributed by atoms with van der Waals surface area (Å²) in [5.41, 5.74) is 0.380. The molecule has 1 amide bonds. The van der Waals surface area contributed by atoms with Crippen molar-refractivity contribution >= 4 is 21.8 Å². The van der Waals surface area contributed by atoms with Crippen molar-refractivity contribution in [2.75, 3.05) is 12.4 Å². The van der Waals surface area contributed by atoms with E-state index in [1.54, 1.807) is 18.0 Å². The van der Waals surface area contributed by atoms with Crippen molar-refractivity contribution < 1.29 is 9.18 Å². The fourth-order valence-electron chi connectivity index (χ4n) is 1.13. The lowest BCUT2D eigenvalue weighted by Gasteiger charge is -2.23. The van der Waals surface area contributed by atoms with Crippen molar-refractivity contribution in [1.82, 2.24) is 4.90 Å². The fourth-order valence-corrected chi connectivity index (χ4v) is 1.56. The second-order valence-corrected chi connectivity index (χ2v) is 4.08. The Morgan fingerprint density at radius 1 is 1.60 bits per heavy atom. The van der Waals surface area contributed by atoms with Gasteiger partial charge in [0, 0.05) is 24.0 Å². The zero-order chi connectivity index (χ0) is 11.4. The van der Waals surface area contributed by atoms with Crippen molar-refractivity contribution in [3.63, 3.8) is 0 Å². The van der Waals surface area contributed by atoms with Crippen molar-refractivity contribution in [3.05, 3.63) is 35.6 Å². The third-order valence-electron chi connectivity index (χ3n) is 2.28. The lowest BCUT2D eigenvalue weighted by molar-refractivity contribution is 0.0757. The molecule has 1 atom stereocenters. The van der Waals surface area contributed by atoms with Gasteiger partial charge in [-0.1, -0.05) is 22.0 Å². The Balaban J connectivity index is 2.85. The molecule has 0 radical (unpaired) electrons. The molecule has 0 aromatic heterocycles. The van der Waals surface area contributed by atoms with Gasteiger partial charge in [-0.3, -0.25) is 4.79 Å². The topological polar surface area (TPSA) is 20.3 Å². The van der Waals surface area contributed by atoms with Crippen LogP contribution >= 0.6 is 15.9 Å². The third-order valence-corrected chi connectivity index (χ3v) is 3.21. The molecule has 0 spiro atoms. The molecule has 1 rings (SSSR count). The van der Waals surface area contributed by atoms with E-state index in [1.165, 1.54) is 18.2 Å². The number of rotatable bonds is 3. The largest absolute Gasteiger partial charge is 0.338 e. The summed E-state index contributed by atoms with van der Waals surface area (Å²) < 4.78 is 12.9. The molecule has 1 aromatic rings. The van der Waals surface area contributed by atoms with Crippen LogP contribution in [0.4, 0.5) is 4.39 Å². The molecule has 0 fully saturated rings. The SMILES string of the molecule is CC(CBr)N(C)C(=O)c1cccc(F)c1. The van der Waals surface area contributed by atoms with Crippen molar-refractivity contribution in [2.24, 2.45) is 0 Å². The Bertz CT molecular complexity index is 356. The van der Waals surface area contributed by atoms with Gasteiger partial charge in [-0.2, -0.15) is 0 Å². The Hall–Kier alpha value is -0.900. The van der Waals surface area contributed by atoms with E-state index in [4.69, 9.17) is 0 Å². The second kappa shape index (κ2) is 5.26. The van der Waals surface area contributed by atoms with Crippen LogP contribution in [0.1, 0.15) is 17.3 Å². The Labute approximate surface area is 97.2 Å². The number of halogens is 2. The van der Waals surface area contributed by atoms with Crippen molar-refractivity contribution in [2.45, 2.75) is 13.0 Å². The number of hydrogen-bond acceptors (Lipinski definition) is 1. The van der Waals surface area contributed by atoms with Crippen LogP contribution in [-0.4, -0.2) is 29.2 Å². The molecular formula is C11H13BrFNO. The van der Waals surface area contributed by atoms with Gasteiger partial charge in [-0.15, -0.1) is 0 Å². The smallest absolute Gasteiger partial charge is 0.253 e. The highest BCUT2D eigenvalue weighted by Gasteiger charge is 2.16. The number of benzene rings is 1. The minimum absolute atomic E-state index is 0.0840. The normalized spacial score (nSPS) is 12.3. The van der Waals surface area contributed by atoms with Crippen LogP contribution in [0.3, 0.4) is 0 Å². The van der Waals surface area contributed by atoms with Crippen LogP contribution in [0.15, 0.2) is 24.3 Å². The maximum absolute atomic E-state index is 12.9. The van der Waals surface area contributed by atoms with E-state index in [0.29, 0.717) is 10.9 Å². The van der Waals surface area contributed by atoms with Gasteiger partial charge in [-0.25, -0.2) is 4.39 Å². The average molecular weight is 274 g/mol. The first-order valence-electron chi connectivity index (χ1n) is 4.65. The lowest BCUT2D eigenvalue weighted by Crippen LogP contribution is -2.36. The first-order chi connectivity index (χ1) is 7.06. The number of carbonyl (C=O) groups is 1. The van der Waals surface area contributed by atoms with E-state index < -0.39 is 0 Å². The molecule has 0 saturated carbocycles. The van der Waals surface area contributed by atoms with Gasteiger partial charge in [0.1, 0.15) is 5.82 Å². The second-order valence-electron chi connectivity index (χ2n) is 3.43. The zero-order valence-electron chi connectivity index (χ0n) is 8.71. The molecule has 0 aliphatic carbocycles. The third kappa shape index (κ3) is 3.02. The van der Waals surface area contributed by atoms with Crippen LogP contribution in [0.2, 0.25) is 0 Å². The number of nitrogens with zero attached hydrogens (tertiary/aromatic N) is 1. The minimum atomic E-state index is -0.388. The minimum Gasteiger partial charge on any atom is -0.338 e. The molecule has 0 saturated heterocycles. The molecule has 0 heterocycles. The maximum Gasteiger partial charge on any atom is 0.253 e. The number of carbonyl (C=O) groups excluding carboxylic acids is 1. The highest BCUT2D eigenvalue weighted by atomic mass is 79.9. The van der Waals surface area contributed by atoms with E-state index in [-0.39, 0.29) is 17.8 Å². The molecule has 15 heavy (non-hydrogen) atoms. The number of alkyl halides is 1. The first-order valence-corrected chi connectivity index (χ1v) is 5.77. The Morgan fingerprint density at radius 2 is 2.27 bits per heavy atom. The van der Waals surface area contributed by atoms with Gasteiger partial charge >= 0.3 is 0 Å². The van der Waals surface area contributed by atoms with Crippen LogP contribution < -0.4 is 0 Å². The van der Waals surface area contributed by atoms with Gasteiger partial charge in [-0.05, 0) is 25.1 Å². The van der Waals surface area contributed by atoms with Crippen LogP contribution in [0, 0.1) is 5.82 Å². The summed E-state index contributed by atoms with van der Waals surface area (Å²) in [7, 11) is 1.71. The first kappa shape index (κ1) is 12.2. The monoisotopic (exact) mass is 273 g/mol. The summed E-state index contributed by atoms with van der Waals surface area (Å²) in [6.45, 7) is 1.92. The molecule has 1 aromatic carbocycles. The molecule has 0 N–H and O–H groups in total. The van der Waals surface area contributed by atoms with E-state index >= 15 is 0 Å². The molecular weight excluding hydrogens is 261 g/mol. The summed E-state index contributed by atoms with van der Waals surface area (Å²) in [6, 6.07) is 5.81. The van der Waals surface area contributed by atoms with Crippen LogP contribution in [0.5, 0.6) is 0 Å².